The van der Waals surface area contributed by atoms with Gasteiger partial charge in [0.15, 0.2) is 0 Å². The zero-order valence-corrected chi connectivity index (χ0v) is 26.1. The lowest BCUT2D eigenvalue weighted by Crippen LogP contribution is -2.39. The maximum atomic E-state index is 12.3. The van der Waals surface area contributed by atoms with E-state index in [1.54, 1.807) is 43.6 Å². The number of carbonyl (C=O) groups is 2. The van der Waals surface area contributed by atoms with Gasteiger partial charge in [-0.25, -0.2) is 4.99 Å². The van der Waals surface area contributed by atoms with Crippen LogP contribution in [0.5, 0.6) is 5.75 Å². The average Bonchev–Trinajstić information content (AvgIpc) is 3.25. The summed E-state index contributed by atoms with van der Waals surface area (Å²) in [4.78, 5) is 33.8. The maximum Gasteiger partial charge on any atom is 0.254 e. The van der Waals surface area contributed by atoms with E-state index in [4.69, 9.17) is 16.3 Å². The molecule has 2 amide bonds. The van der Waals surface area contributed by atoms with Crippen LogP contribution in [0, 0.1) is 11.8 Å². The molecule has 0 spiro atoms. The second-order valence-electron chi connectivity index (χ2n) is 9.34. The molecular formula is C33H45ClN4O3. The number of piperidine rings is 1. The van der Waals surface area contributed by atoms with Crippen LogP contribution in [0.15, 0.2) is 88.7 Å². The third-order valence-electron chi connectivity index (χ3n) is 6.51. The van der Waals surface area contributed by atoms with Crippen LogP contribution in [-0.2, 0) is 11.3 Å². The minimum Gasteiger partial charge on any atom is -0.497 e. The Kier molecular flexibility index (Phi) is 16.0. The Labute approximate surface area is 251 Å². The summed E-state index contributed by atoms with van der Waals surface area (Å²) in [5.41, 5.74) is 3.57. The van der Waals surface area contributed by atoms with Crippen molar-refractivity contribution in [2.24, 2.45) is 21.8 Å². The number of ether oxygens (including phenoxy) is 1. The van der Waals surface area contributed by atoms with Crippen molar-refractivity contribution in [3.63, 3.8) is 0 Å². The Bertz CT molecular complexity index is 1200. The molecule has 0 aromatic heterocycles. The van der Waals surface area contributed by atoms with Gasteiger partial charge in [0.2, 0.25) is 5.91 Å². The van der Waals surface area contributed by atoms with E-state index in [0.29, 0.717) is 18.9 Å². The highest BCUT2D eigenvalue weighted by molar-refractivity contribution is 6.29. The lowest BCUT2D eigenvalue weighted by Gasteiger charge is -2.31. The van der Waals surface area contributed by atoms with E-state index < -0.39 is 0 Å². The van der Waals surface area contributed by atoms with Crippen LogP contribution in [0.1, 0.15) is 62.9 Å². The standard InChI is InChI=1S/C21H28ClN3O.C10H11NO2.C2H6/c1-6-18(20-14-19(7-2)16(4)25-21(20)26)11-8-10-15(3)23-12-9-13-24-17(5)22;1-11-6-7-3-4-8(13-2)5-9(7)10(11)12;1-2/h6,8,10-13,15,19-20H,1,4-5,7,9,14H2,2-3H3,(H,25,26);3-5H,6H2,1-2H3;1-2H3/b10-8+,18-11+,23-12?,24-13-;;. The van der Waals surface area contributed by atoms with Gasteiger partial charge in [0, 0.05) is 43.7 Å². The minimum atomic E-state index is -0.189. The molecule has 1 fully saturated rings. The summed E-state index contributed by atoms with van der Waals surface area (Å²) in [5.74, 6) is 0.923. The van der Waals surface area contributed by atoms with E-state index in [1.165, 1.54) is 0 Å². The van der Waals surface area contributed by atoms with E-state index in [9.17, 15) is 9.59 Å². The van der Waals surface area contributed by atoms with Gasteiger partial charge >= 0.3 is 0 Å². The van der Waals surface area contributed by atoms with Crippen LogP contribution >= 0.6 is 11.6 Å². The molecule has 0 bridgehead atoms. The first-order valence-corrected chi connectivity index (χ1v) is 14.3. The molecule has 7 nitrogen and oxygen atoms in total. The van der Waals surface area contributed by atoms with Gasteiger partial charge in [-0.15, -0.1) is 0 Å². The number of hydrogen-bond donors (Lipinski definition) is 1. The molecule has 0 radical (unpaired) electrons. The normalized spacial score (nSPS) is 19.3. The number of rotatable bonds is 10. The zero-order chi connectivity index (χ0) is 30.9. The van der Waals surface area contributed by atoms with Gasteiger partial charge in [-0.05, 0) is 49.0 Å². The Morgan fingerprint density at radius 1 is 1.29 bits per heavy atom. The first kappa shape index (κ1) is 35.3. The highest BCUT2D eigenvalue weighted by Crippen LogP contribution is 2.31. The van der Waals surface area contributed by atoms with Crippen molar-refractivity contribution >= 4 is 35.8 Å². The lowest BCUT2D eigenvalue weighted by molar-refractivity contribution is -0.124. The van der Waals surface area contributed by atoms with Crippen molar-refractivity contribution in [3.8, 4) is 5.75 Å². The number of halogens is 1. The first-order valence-electron chi connectivity index (χ1n) is 13.9. The predicted molar refractivity (Wildman–Crippen MR) is 173 cm³/mol. The molecule has 1 N–H and O–H groups in total. The fraction of sp³-hybridized carbons (Fsp3) is 0.394. The monoisotopic (exact) mass is 580 g/mol. The van der Waals surface area contributed by atoms with Crippen molar-refractivity contribution in [2.75, 3.05) is 14.2 Å². The topological polar surface area (TPSA) is 83.4 Å². The number of fused-ring (bicyclic) bond motifs is 1. The second-order valence-corrected chi connectivity index (χ2v) is 9.78. The van der Waals surface area contributed by atoms with Crippen LogP contribution in [0.3, 0.4) is 0 Å². The molecule has 0 saturated carbocycles. The van der Waals surface area contributed by atoms with Gasteiger partial charge in [0.05, 0.1) is 19.1 Å². The van der Waals surface area contributed by atoms with Gasteiger partial charge in [0.25, 0.3) is 5.91 Å². The number of methoxy groups -OCH3 is 1. The Morgan fingerprint density at radius 3 is 2.61 bits per heavy atom. The SMILES string of the molecule is C=C/C(=C\C=C\C(C)N=CC/C=N\C(=C)Cl)C1CC(CC)C(=C)NC1=O.CC.COc1ccc2c(c1)C(=O)N(C)C2. The number of carbonyl (C=O) groups excluding carboxylic acids is 2. The largest absolute Gasteiger partial charge is 0.497 e. The summed E-state index contributed by atoms with van der Waals surface area (Å²) >= 11 is 5.54. The summed E-state index contributed by atoms with van der Waals surface area (Å²) in [5, 5.41) is 3.15. The van der Waals surface area contributed by atoms with Crippen molar-refractivity contribution in [1.29, 1.82) is 0 Å². The molecule has 8 heteroatoms. The Hall–Kier alpha value is -3.71. The summed E-state index contributed by atoms with van der Waals surface area (Å²) in [6.45, 7) is 20.1. The average molecular weight is 581 g/mol. The molecule has 222 valence electrons. The number of hydrogen-bond acceptors (Lipinski definition) is 5. The lowest BCUT2D eigenvalue weighted by atomic mass is 9.81. The van der Waals surface area contributed by atoms with Crippen LogP contribution in [0.4, 0.5) is 0 Å². The van der Waals surface area contributed by atoms with Gasteiger partial charge < -0.3 is 15.0 Å². The smallest absolute Gasteiger partial charge is 0.254 e. The molecule has 2 aliphatic heterocycles. The molecule has 2 heterocycles. The third kappa shape index (κ3) is 11.4. The predicted octanol–water partition coefficient (Wildman–Crippen LogP) is 7.27. The molecule has 1 aromatic rings. The van der Waals surface area contributed by atoms with E-state index in [2.05, 4.69) is 42.0 Å². The quantitative estimate of drug-likeness (QED) is 0.179. The van der Waals surface area contributed by atoms with Crippen LogP contribution in [0.25, 0.3) is 0 Å². The van der Waals surface area contributed by atoms with Crippen LogP contribution < -0.4 is 10.1 Å². The molecule has 0 aliphatic carbocycles. The third-order valence-corrected chi connectivity index (χ3v) is 6.60. The van der Waals surface area contributed by atoms with Gasteiger partial charge in [0.1, 0.15) is 10.9 Å². The summed E-state index contributed by atoms with van der Waals surface area (Å²) in [6.07, 6.45) is 13.3. The Morgan fingerprint density at radius 2 is 2.00 bits per heavy atom. The fourth-order valence-corrected chi connectivity index (χ4v) is 4.33. The fourth-order valence-electron chi connectivity index (χ4n) is 4.26. The number of amides is 2. The van der Waals surface area contributed by atoms with Crippen LogP contribution in [-0.4, -0.2) is 49.3 Å². The number of aliphatic imine (C=N–C) groups is 2. The highest BCUT2D eigenvalue weighted by Gasteiger charge is 2.31. The molecule has 3 atom stereocenters. The Balaban J connectivity index is 0.000000463. The van der Waals surface area contributed by atoms with Crippen molar-refractivity contribution in [1.82, 2.24) is 10.2 Å². The number of nitrogens with zero attached hydrogens (tertiary/aromatic N) is 3. The van der Waals surface area contributed by atoms with E-state index in [1.807, 2.05) is 51.1 Å². The van der Waals surface area contributed by atoms with Crippen molar-refractivity contribution in [2.45, 2.75) is 59.5 Å². The molecule has 1 aromatic carbocycles. The maximum absolute atomic E-state index is 12.3. The van der Waals surface area contributed by atoms with E-state index in [-0.39, 0.29) is 28.9 Å². The minimum absolute atomic E-state index is 0.00881. The first-order chi connectivity index (χ1) is 19.6. The van der Waals surface area contributed by atoms with Crippen molar-refractivity contribution < 1.29 is 14.3 Å². The summed E-state index contributed by atoms with van der Waals surface area (Å²) < 4.78 is 5.05. The molecule has 3 rings (SSSR count). The van der Waals surface area contributed by atoms with Crippen LogP contribution in [0.2, 0.25) is 0 Å². The molecule has 2 aliphatic rings. The molecular weight excluding hydrogens is 536 g/mol. The molecule has 3 unspecified atom stereocenters. The van der Waals surface area contributed by atoms with Gasteiger partial charge in [-0.1, -0.05) is 82.5 Å². The zero-order valence-electron chi connectivity index (χ0n) is 25.3. The van der Waals surface area contributed by atoms with Crippen molar-refractivity contribution in [3.05, 3.63) is 89.8 Å². The number of allylic oxidation sites excluding steroid dienone is 4. The number of nitrogens with one attached hydrogen (secondary N) is 1. The number of benzene rings is 1. The van der Waals surface area contributed by atoms with Gasteiger partial charge in [-0.2, -0.15) is 0 Å². The summed E-state index contributed by atoms with van der Waals surface area (Å²) in [6, 6.07) is 5.63. The summed E-state index contributed by atoms with van der Waals surface area (Å²) in [7, 11) is 3.40. The molecule has 41 heavy (non-hydrogen) atoms. The van der Waals surface area contributed by atoms with Gasteiger partial charge in [-0.3, -0.25) is 14.6 Å². The highest BCUT2D eigenvalue weighted by atomic mass is 35.5. The van der Waals surface area contributed by atoms with E-state index in [0.717, 1.165) is 41.0 Å². The van der Waals surface area contributed by atoms with E-state index >= 15 is 0 Å². The second kappa shape index (κ2) is 18.6. The molecule has 1 saturated heterocycles.